The summed E-state index contributed by atoms with van der Waals surface area (Å²) in [5, 5.41) is 0. The van der Waals surface area contributed by atoms with Crippen LogP contribution in [-0.2, 0) is 10.0 Å². The van der Waals surface area contributed by atoms with Crippen LogP contribution in [0.25, 0.3) is 11.3 Å². The zero-order chi connectivity index (χ0) is 21.8. The van der Waals surface area contributed by atoms with E-state index in [1.165, 1.54) is 4.31 Å². The fourth-order valence-electron chi connectivity index (χ4n) is 3.48. The number of anilines is 1. The molecule has 1 saturated heterocycles. The molecule has 0 radical (unpaired) electrons. The molecule has 9 heteroatoms. The van der Waals surface area contributed by atoms with E-state index in [1.807, 2.05) is 37.3 Å². The zero-order valence-corrected chi connectivity index (χ0v) is 19.5. The molecule has 31 heavy (non-hydrogen) atoms. The third kappa shape index (κ3) is 4.89. The van der Waals surface area contributed by atoms with Gasteiger partial charge in [-0.15, -0.1) is 0 Å². The molecule has 2 heterocycles. The maximum absolute atomic E-state index is 12.9. The molecule has 162 valence electrons. The van der Waals surface area contributed by atoms with E-state index < -0.39 is 10.0 Å². The summed E-state index contributed by atoms with van der Waals surface area (Å²) in [6.45, 7) is 4.52. The van der Waals surface area contributed by atoms with E-state index in [1.54, 1.807) is 30.6 Å². The maximum Gasteiger partial charge on any atom is 0.243 e. The van der Waals surface area contributed by atoms with Gasteiger partial charge in [-0.2, -0.15) is 4.31 Å². The van der Waals surface area contributed by atoms with Crippen molar-refractivity contribution >= 4 is 31.8 Å². The third-order valence-corrected chi connectivity index (χ3v) is 7.57. The van der Waals surface area contributed by atoms with Gasteiger partial charge in [0.05, 0.1) is 17.2 Å². The maximum atomic E-state index is 12.9. The van der Waals surface area contributed by atoms with Gasteiger partial charge in [0.15, 0.2) is 0 Å². The highest BCUT2D eigenvalue weighted by Gasteiger charge is 2.29. The molecule has 1 fully saturated rings. The minimum Gasteiger partial charge on any atom is -0.494 e. The predicted octanol–water partition coefficient (Wildman–Crippen LogP) is 3.82. The Balaban J connectivity index is 1.45. The summed E-state index contributed by atoms with van der Waals surface area (Å²) in [6.07, 6.45) is 1.55. The number of piperazine rings is 1. The summed E-state index contributed by atoms with van der Waals surface area (Å²) in [6, 6.07) is 16.5. The summed E-state index contributed by atoms with van der Waals surface area (Å²) >= 11 is 3.34. The second-order valence-electron chi connectivity index (χ2n) is 7.06. The van der Waals surface area contributed by atoms with Crippen LogP contribution in [-0.4, -0.2) is 55.5 Å². The third-order valence-electron chi connectivity index (χ3n) is 5.13. The molecule has 1 aliphatic rings. The van der Waals surface area contributed by atoms with E-state index in [0.717, 1.165) is 27.3 Å². The number of aromatic nitrogens is 2. The molecular weight excluding hydrogens is 480 g/mol. The molecule has 0 aliphatic carbocycles. The van der Waals surface area contributed by atoms with Gasteiger partial charge in [-0.05, 0) is 55.5 Å². The lowest BCUT2D eigenvalue weighted by molar-refractivity contribution is 0.340. The van der Waals surface area contributed by atoms with E-state index in [9.17, 15) is 8.42 Å². The van der Waals surface area contributed by atoms with Crippen LogP contribution in [0.5, 0.6) is 5.75 Å². The van der Waals surface area contributed by atoms with Crippen molar-refractivity contribution in [2.45, 2.75) is 11.8 Å². The van der Waals surface area contributed by atoms with Gasteiger partial charge in [0.1, 0.15) is 17.9 Å². The van der Waals surface area contributed by atoms with Crippen LogP contribution < -0.4 is 9.64 Å². The SMILES string of the molecule is CCOc1ccc(-c2cc(N3CCN(S(=O)(=O)c4ccc(Br)cc4)CC3)ncn2)cc1. The van der Waals surface area contributed by atoms with Crippen LogP contribution in [0.2, 0.25) is 0 Å². The van der Waals surface area contributed by atoms with Crippen molar-refractivity contribution in [1.29, 1.82) is 0 Å². The molecule has 1 aromatic heterocycles. The Labute approximate surface area is 190 Å². The van der Waals surface area contributed by atoms with E-state index in [2.05, 4.69) is 30.8 Å². The predicted molar refractivity (Wildman–Crippen MR) is 124 cm³/mol. The average Bonchev–Trinajstić information content (AvgIpc) is 2.80. The summed E-state index contributed by atoms with van der Waals surface area (Å²) in [4.78, 5) is 11.2. The average molecular weight is 503 g/mol. The number of rotatable bonds is 6. The van der Waals surface area contributed by atoms with Gasteiger partial charge in [0, 0.05) is 42.3 Å². The lowest BCUT2D eigenvalue weighted by Gasteiger charge is -2.34. The van der Waals surface area contributed by atoms with Crippen LogP contribution in [0, 0.1) is 0 Å². The Morgan fingerprint density at radius 3 is 2.29 bits per heavy atom. The summed E-state index contributed by atoms with van der Waals surface area (Å²) in [5.74, 6) is 1.61. The number of nitrogens with zero attached hydrogens (tertiary/aromatic N) is 4. The van der Waals surface area contributed by atoms with Crippen molar-refractivity contribution < 1.29 is 13.2 Å². The van der Waals surface area contributed by atoms with Crippen LogP contribution >= 0.6 is 15.9 Å². The number of hydrogen-bond acceptors (Lipinski definition) is 6. The standard InChI is InChI=1S/C22H23BrN4O3S/c1-2-30-19-7-3-17(4-8-19)21-15-22(25-16-24-21)26-11-13-27(14-12-26)31(28,29)20-9-5-18(23)6-10-20/h3-10,15-16H,2,11-14H2,1H3. The number of benzene rings is 2. The fourth-order valence-corrected chi connectivity index (χ4v) is 5.17. The van der Waals surface area contributed by atoms with Crippen molar-refractivity contribution in [3.63, 3.8) is 0 Å². The Morgan fingerprint density at radius 1 is 0.968 bits per heavy atom. The fraction of sp³-hybridized carbons (Fsp3) is 0.273. The van der Waals surface area contributed by atoms with Gasteiger partial charge in [-0.3, -0.25) is 0 Å². The first-order valence-corrected chi connectivity index (χ1v) is 12.3. The molecule has 0 unspecified atom stereocenters. The van der Waals surface area contributed by atoms with Crippen molar-refractivity contribution in [1.82, 2.24) is 14.3 Å². The smallest absolute Gasteiger partial charge is 0.243 e. The van der Waals surface area contributed by atoms with Crippen LogP contribution in [0.15, 0.2) is 70.3 Å². The topological polar surface area (TPSA) is 75.6 Å². The van der Waals surface area contributed by atoms with E-state index >= 15 is 0 Å². The van der Waals surface area contributed by atoms with Crippen LogP contribution in [0.1, 0.15) is 6.92 Å². The van der Waals surface area contributed by atoms with Gasteiger partial charge in [0.25, 0.3) is 0 Å². The van der Waals surface area contributed by atoms with Gasteiger partial charge in [-0.25, -0.2) is 18.4 Å². The molecule has 0 spiro atoms. The molecule has 2 aromatic carbocycles. The molecule has 0 bridgehead atoms. The van der Waals surface area contributed by atoms with Crippen LogP contribution in [0.3, 0.4) is 0 Å². The molecule has 0 amide bonds. The second kappa shape index (κ2) is 9.33. The zero-order valence-electron chi connectivity index (χ0n) is 17.1. The highest BCUT2D eigenvalue weighted by molar-refractivity contribution is 9.10. The van der Waals surface area contributed by atoms with Gasteiger partial charge in [0.2, 0.25) is 10.0 Å². The van der Waals surface area contributed by atoms with Crippen molar-refractivity contribution in [2.24, 2.45) is 0 Å². The number of hydrogen-bond donors (Lipinski definition) is 0. The molecule has 4 rings (SSSR count). The van der Waals surface area contributed by atoms with E-state index in [4.69, 9.17) is 4.74 Å². The molecule has 3 aromatic rings. The van der Waals surface area contributed by atoms with Gasteiger partial charge in [-0.1, -0.05) is 15.9 Å². The quantitative estimate of drug-likeness (QED) is 0.509. The van der Waals surface area contributed by atoms with Crippen LogP contribution in [0.4, 0.5) is 5.82 Å². The summed E-state index contributed by atoms with van der Waals surface area (Å²) in [7, 11) is -3.50. The number of ether oxygens (including phenoxy) is 1. The molecule has 0 saturated carbocycles. The van der Waals surface area contributed by atoms with Crippen molar-refractivity contribution in [3.8, 4) is 17.0 Å². The first kappa shape index (κ1) is 21.7. The normalized spacial score (nSPS) is 15.1. The van der Waals surface area contributed by atoms with E-state index in [-0.39, 0.29) is 0 Å². The lowest BCUT2D eigenvalue weighted by atomic mass is 10.1. The number of halogens is 1. The molecule has 1 aliphatic heterocycles. The highest BCUT2D eigenvalue weighted by atomic mass is 79.9. The Bertz CT molecular complexity index is 1130. The monoisotopic (exact) mass is 502 g/mol. The van der Waals surface area contributed by atoms with E-state index in [0.29, 0.717) is 37.7 Å². The number of sulfonamides is 1. The lowest BCUT2D eigenvalue weighted by Crippen LogP contribution is -2.48. The van der Waals surface area contributed by atoms with Gasteiger partial charge >= 0.3 is 0 Å². The second-order valence-corrected chi connectivity index (χ2v) is 9.92. The minimum absolute atomic E-state index is 0.309. The Kier molecular flexibility index (Phi) is 6.54. The van der Waals surface area contributed by atoms with Crippen molar-refractivity contribution in [2.75, 3.05) is 37.7 Å². The Hall–Kier alpha value is -2.49. The molecule has 0 N–H and O–H groups in total. The summed E-state index contributed by atoms with van der Waals surface area (Å²) in [5.41, 5.74) is 1.79. The molecular formula is C22H23BrN4O3S. The largest absolute Gasteiger partial charge is 0.494 e. The van der Waals surface area contributed by atoms with Crippen molar-refractivity contribution in [3.05, 3.63) is 65.4 Å². The highest BCUT2D eigenvalue weighted by Crippen LogP contribution is 2.25. The van der Waals surface area contributed by atoms with Gasteiger partial charge < -0.3 is 9.64 Å². The first-order chi connectivity index (χ1) is 15.0. The minimum atomic E-state index is -3.50. The Morgan fingerprint density at radius 2 is 1.65 bits per heavy atom. The summed E-state index contributed by atoms with van der Waals surface area (Å²) < 4.78 is 33.7. The first-order valence-electron chi connectivity index (χ1n) is 10.0. The molecule has 0 atom stereocenters. The molecule has 7 nitrogen and oxygen atoms in total.